The highest BCUT2D eigenvalue weighted by molar-refractivity contribution is 7.53. The molecule has 4 heteroatoms. The monoisotopic (exact) mass is 230 g/mol. The molecule has 0 aliphatic rings. The first-order valence-electron chi connectivity index (χ1n) is 4.76. The normalized spacial score (nSPS) is 16.5. The minimum absolute atomic E-state index is 0.331. The van der Waals surface area contributed by atoms with E-state index in [4.69, 9.17) is 6.42 Å². The van der Waals surface area contributed by atoms with Crippen molar-refractivity contribution < 1.29 is 14.4 Å². The molecule has 1 unspecified atom stereocenters. The van der Waals surface area contributed by atoms with Crippen LogP contribution < -0.4 is 0 Å². The van der Waals surface area contributed by atoms with Crippen LogP contribution in [0.25, 0.3) is 0 Å². The van der Waals surface area contributed by atoms with Crippen molar-refractivity contribution >= 4 is 7.60 Å². The molecule has 1 atom stereocenters. The Morgan fingerprint density at radius 2 is 1.93 bits per heavy atom. The fourth-order valence-corrected chi connectivity index (χ4v) is 2.57. The Hall–Kier alpha value is -0.550. The first-order valence-corrected chi connectivity index (χ1v) is 6.38. The van der Waals surface area contributed by atoms with Crippen molar-refractivity contribution in [2.24, 2.45) is 5.41 Å². The van der Waals surface area contributed by atoms with Gasteiger partial charge in [-0.25, -0.2) is 0 Å². The maximum absolute atomic E-state index is 11.5. The Balaban J connectivity index is 5.33. The summed E-state index contributed by atoms with van der Waals surface area (Å²) in [7, 11) is -4.25. The summed E-state index contributed by atoms with van der Waals surface area (Å²) in [5.41, 5.74) is -0.852. The number of rotatable bonds is 5. The smallest absolute Gasteiger partial charge is 0.324 e. The Morgan fingerprint density at radius 3 is 2.20 bits per heavy atom. The van der Waals surface area contributed by atoms with E-state index in [1.165, 1.54) is 6.92 Å². The lowest BCUT2D eigenvalue weighted by molar-refractivity contribution is 0.249. The maximum Gasteiger partial charge on any atom is 0.332 e. The minimum Gasteiger partial charge on any atom is -0.324 e. The van der Waals surface area contributed by atoms with Gasteiger partial charge >= 0.3 is 7.60 Å². The summed E-state index contributed by atoms with van der Waals surface area (Å²) < 4.78 is 11.5. The van der Waals surface area contributed by atoms with Gasteiger partial charge in [0.05, 0.1) is 5.16 Å². The molecule has 0 heterocycles. The highest BCUT2D eigenvalue weighted by Gasteiger charge is 2.52. The Kier molecular flexibility index (Phi) is 4.36. The lowest BCUT2D eigenvalue weighted by Crippen LogP contribution is -2.40. The lowest BCUT2D eigenvalue weighted by atomic mass is 9.77. The molecular formula is C11H19O3P. The van der Waals surface area contributed by atoms with E-state index in [2.05, 4.69) is 12.5 Å². The van der Waals surface area contributed by atoms with Crippen LogP contribution in [-0.4, -0.2) is 14.9 Å². The first kappa shape index (κ1) is 14.5. The van der Waals surface area contributed by atoms with E-state index in [1.807, 2.05) is 0 Å². The van der Waals surface area contributed by atoms with Crippen molar-refractivity contribution in [3.8, 4) is 12.3 Å². The molecule has 0 aliphatic carbocycles. The highest BCUT2D eigenvalue weighted by atomic mass is 31.2. The third-order valence-electron chi connectivity index (χ3n) is 3.19. The van der Waals surface area contributed by atoms with Gasteiger partial charge in [0.25, 0.3) is 0 Å². The first-order chi connectivity index (χ1) is 6.62. The van der Waals surface area contributed by atoms with Crippen LogP contribution in [0.3, 0.4) is 0 Å². The molecule has 0 saturated heterocycles. The van der Waals surface area contributed by atoms with Gasteiger partial charge in [-0.1, -0.05) is 12.0 Å². The molecule has 0 aromatic heterocycles. The second-order valence-corrected chi connectivity index (χ2v) is 6.49. The molecule has 0 radical (unpaired) electrons. The molecule has 0 amide bonds. The number of terminal acetylenes is 1. The van der Waals surface area contributed by atoms with Crippen molar-refractivity contribution in [3.05, 3.63) is 12.7 Å². The molecule has 15 heavy (non-hydrogen) atoms. The van der Waals surface area contributed by atoms with Crippen molar-refractivity contribution in [2.45, 2.75) is 38.8 Å². The van der Waals surface area contributed by atoms with Crippen LogP contribution in [-0.2, 0) is 4.57 Å². The standard InChI is InChI=1S/C11H19O3P/c1-6-8-9-11(5,15(12,13)14)10(3,4)7-2/h2,6H,1,8-9H2,3-5H3,(H2,12,13,14). The summed E-state index contributed by atoms with van der Waals surface area (Å²) in [6.45, 7) is 8.44. The summed E-state index contributed by atoms with van der Waals surface area (Å²) in [5, 5.41) is -1.21. The SMILES string of the molecule is C#CC(C)(C)C(C)(CCC=C)P(=O)(O)O. The molecule has 0 saturated carbocycles. The third kappa shape index (κ3) is 2.72. The largest absolute Gasteiger partial charge is 0.332 e. The second-order valence-electron chi connectivity index (χ2n) is 4.41. The zero-order valence-corrected chi connectivity index (χ0v) is 10.4. The van der Waals surface area contributed by atoms with Crippen molar-refractivity contribution in [3.63, 3.8) is 0 Å². The molecule has 86 valence electrons. The molecule has 0 aliphatic heterocycles. The molecule has 0 aromatic rings. The van der Waals surface area contributed by atoms with Gasteiger partial charge in [-0.2, -0.15) is 0 Å². The summed E-state index contributed by atoms with van der Waals surface area (Å²) in [4.78, 5) is 18.8. The quantitative estimate of drug-likeness (QED) is 0.433. The van der Waals surface area contributed by atoms with Crippen LogP contribution in [0.2, 0.25) is 0 Å². The summed E-state index contributed by atoms with van der Waals surface area (Å²) in [5.74, 6) is 2.47. The predicted molar refractivity (Wildman–Crippen MR) is 62.5 cm³/mol. The van der Waals surface area contributed by atoms with Gasteiger partial charge in [-0.15, -0.1) is 13.0 Å². The van der Waals surface area contributed by atoms with Gasteiger partial charge in [-0.05, 0) is 33.6 Å². The van der Waals surface area contributed by atoms with E-state index in [1.54, 1.807) is 19.9 Å². The Labute approximate surface area is 91.7 Å². The third-order valence-corrected chi connectivity index (χ3v) is 5.25. The average molecular weight is 230 g/mol. The maximum atomic E-state index is 11.5. The zero-order valence-electron chi connectivity index (χ0n) is 9.53. The molecule has 3 nitrogen and oxygen atoms in total. The van der Waals surface area contributed by atoms with Crippen LogP contribution in [0.5, 0.6) is 0 Å². The molecule has 2 N–H and O–H groups in total. The van der Waals surface area contributed by atoms with E-state index in [9.17, 15) is 14.4 Å². The molecule has 0 aromatic carbocycles. The topological polar surface area (TPSA) is 57.5 Å². The molecule has 0 fully saturated rings. The van der Waals surface area contributed by atoms with Gasteiger partial charge in [0.1, 0.15) is 0 Å². The van der Waals surface area contributed by atoms with Crippen LogP contribution in [0.15, 0.2) is 12.7 Å². The van der Waals surface area contributed by atoms with Gasteiger partial charge in [0, 0.05) is 5.41 Å². The fourth-order valence-electron chi connectivity index (χ4n) is 1.36. The van der Waals surface area contributed by atoms with Crippen molar-refractivity contribution in [2.75, 3.05) is 0 Å². The van der Waals surface area contributed by atoms with Crippen LogP contribution in [0.4, 0.5) is 0 Å². The van der Waals surface area contributed by atoms with E-state index >= 15 is 0 Å². The van der Waals surface area contributed by atoms with Gasteiger partial charge in [0.2, 0.25) is 0 Å². The summed E-state index contributed by atoms with van der Waals surface area (Å²) in [6.07, 6.45) is 7.85. The van der Waals surface area contributed by atoms with Crippen LogP contribution in [0.1, 0.15) is 33.6 Å². The number of hydrogen-bond donors (Lipinski definition) is 2. The van der Waals surface area contributed by atoms with E-state index in [-0.39, 0.29) is 0 Å². The number of hydrogen-bond acceptors (Lipinski definition) is 1. The van der Waals surface area contributed by atoms with Crippen LogP contribution >= 0.6 is 7.60 Å². The molecule has 0 spiro atoms. The van der Waals surface area contributed by atoms with Gasteiger partial charge < -0.3 is 9.79 Å². The van der Waals surface area contributed by atoms with E-state index in [0.717, 1.165) is 0 Å². The zero-order chi connectivity index (χ0) is 12.3. The molecular weight excluding hydrogens is 211 g/mol. The van der Waals surface area contributed by atoms with Crippen LogP contribution in [0, 0.1) is 17.8 Å². The average Bonchev–Trinajstić information content (AvgIpc) is 2.12. The summed E-state index contributed by atoms with van der Waals surface area (Å²) in [6, 6.07) is 0. The van der Waals surface area contributed by atoms with E-state index in [0.29, 0.717) is 12.8 Å². The van der Waals surface area contributed by atoms with Crippen molar-refractivity contribution in [1.29, 1.82) is 0 Å². The number of allylic oxidation sites excluding steroid dienone is 1. The highest BCUT2D eigenvalue weighted by Crippen LogP contribution is 2.61. The van der Waals surface area contributed by atoms with Gasteiger partial charge in [0.15, 0.2) is 0 Å². The lowest BCUT2D eigenvalue weighted by Gasteiger charge is -2.40. The Morgan fingerprint density at radius 1 is 1.47 bits per heavy atom. The van der Waals surface area contributed by atoms with E-state index < -0.39 is 18.2 Å². The van der Waals surface area contributed by atoms with Crippen molar-refractivity contribution in [1.82, 2.24) is 0 Å². The second kappa shape index (κ2) is 4.53. The fraction of sp³-hybridized carbons (Fsp3) is 0.636. The molecule has 0 rings (SSSR count). The molecule has 0 bridgehead atoms. The summed E-state index contributed by atoms with van der Waals surface area (Å²) >= 11 is 0. The minimum atomic E-state index is -4.25. The predicted octanol–water partition coefficient (Wildman–Crippen LogP) is 2.55. The van der Waals surface area contributed by atoms with Gasteiger partial charge in [-0.3, -0.25) is 4.57 Å². The Bertz CT molecular complexity index is 321.